The lowest BCUT2D eigenvalue weighted by Crippen LogP contribution is -2.41. The zero-order chi connectivity index (χ0) is 13.9. The van der Waals surface area contributed by atoms with Gasteiger partial charge >= 0.3 is 0 Å². The zero-order valence-corrected chi connectivity index (χ0v) is 13.7. The molecule has 1 N–H and O–H groups in total. The lowest BCUT2D eigenvalue weighted by atomic mass is 10.3. The summed E-state index contributed by atoms with van der Waals surface area (Å²) < 4.78 is 26.8. The summed E-state index contributed by atoms with van der Waals surface area (Å²) in [6, 6.07) is 1.79. The van der Waals surface area contributed by atoms with Gasteiger partial charge in [0.2, 0.25) is 10.0 Å². The molecular formula is C12H20N2O2S3. The highest BCUT2D eigenvalue weighted by Crippen LogP contribution is 2.28. The Morgan fingerprint density at radius 3 is 3.00 bits per heavy atom. The van der Waals surface area contributed by atoms with Crippen LogP contribution >= 0.6 is 23.1 Å². The summed E-state index contributed by atoms with van der Waals surface area (Å²) in [5.41, 5.74) is 0. The van der Waals surface area contributed by atoms with Crippen molar-refractivity contribution in [1.82, 2.24) is 9.62 Å². The second-order valence-corrected chi connectivity index (χ2v) is 8.89. The molecule has 1 fully saturated rings. The van der Waals surface area contributed by atoms with Crippen LogP contribution in [-0.2, 0) is 16.6 Å². The summed E-state index contributed by atoms with van der Waals surface area (Å²) in [5.74, 6) is 0.894. The molecule has 1 saturated heterocycles. The van der Waals surface area contributed by atoms with E-state index in [1.54, 1.807) is 15.8 Å². The van der Waals surface area contributed by atoms with Crippen LogP contribution in [0.2, 0.25) is 0 Å². The number of nitrogens with zero attached hydrogens (tertiary/aromatic N) is 1. The van der Waals surface area contributed by atoms with Crippen molar-refractivity contribution in [2.45, 2.75) is 30.0 Å². The third-order valence-electron chi connectivity index (χ3n) is 3.18. The van der Waals surface area contributed by atoms with Crippen molar-refractivity contribution in [3.63, 3.8) is 0 Å². The van der Waals surface area contributed by atoms with Gasteiger partial charge in [0.15, 0.2) is 0 Å². The zero-order valence-electron chi connectivity index (χ0n) is 11.3. The Balaban J connectivity index is 2.16. The van der Waals surface area contributed by atoms with E-state index in [0.29, 0.717) is 29.8 Å². The number of thioether (sulfide) groups is 1. The summed E-state index contributed by atoms with van der Waals surface area (Å²) in [7, 11) is -1.44. The van der Waals surface area contributed by atoms with Crippen LogP contribution in [0.4, 0.5) is 0 Å². The van der Waals surface area contributed by atoms with Crippen LogP contribution in [0.25, 0.3) is 0 Å². The lowest BCUT2D eigenvalue weighted by molar-refractivity contribution is 0.416. The molecule has 0 spiro atoms. The van der Waals surface area contributed by atoms with Crippen LogP contribution < -0.4 is 5.32 Å². The highest BCUT2D eigenvalue weighted by atomic mass is 32.2. The van der Waals surface area contributed by atoms with Crippen LogP contribution in [0.5, 0.6) is 0 Å². The number of nitrogens with one attached hydrogen (secondary N) is 1. The summed E-state index contributed by atoms with van der Waals surface area (Å²) >= 11 is 3.38. The Labute approximate surface area is 123 Å². The summed E-state index contributed by atoms with van der Waals surface area (Å²) in [5, 5.41) is 5.23. The van der Waals surface area contributed by atoms with E-state index in [1.165, 1.54) is 11.3 Å². The number of sulfonamides is 1. The predicted molar refractivity (Wildman–Crippen MR) is 82.4 cm³/mol. The molecule has 4 nitrogen and oxygen atoms in total. The fraction of sp³-hybridized carbons (Fsp3) is 0.667. The van der Waals surface area contributed by atoms with E-state index >= 15 is 0 Å². The predicted octanol–water partition coefficient (Wildman–Crippen LogP) is 1.98. The second kappa shape index (κ2) is 6.58. The SMILES string of the molecule is CCC1CN(S(=O)(=O)c2csc(CNC)c2)CCS1. The Morgan fingerprint density at radius 2 is 2.32 bits per heavy atom. The first-order chi connectivity index (χ1) is 9.07. The number of thiophene rings is 1. The topological polar surface area (TPSA) is 49.4 Å². The summed E-state index contributed by atoms with van der Waals surface area (Å²) in [6.45, 7) is 4.10. The van der Waals surface area contributed by atoms with Gasteiger partial charge in [-0.25, -0.2) is 8.42 Å². The first-order valence-electron chi connectivity index (χ1n) is 6.41. The van der Waals surface area contributed by atoms with E-state index in [0.717, 1.165) is 17.1 Å². The van der Waals surface area contributed by atoms with E-state index in [9.17, 15) is 8.42 Å². The fourth-order valence-electron chi connectivity index (χ4n) is 2.07. The first-order valence-corrected chi connectivity index (χ1v) is 9.78. The molecule has 108 valence electrons. The third-order valence-corrected chi connectivity index (χ3v) is 7.48. The number of hydrogen-bond acceptors (Lipinski definition) is 5. The maximum absolute atomic E-state index is 12.6. The standard InChI is InChI=1S/C12H20N2O2S3/c1-3-10-8-14(4-5-17-10)19(15,16)12-6-11(7-13-2)18-9-12/h6,9-10,13H,3-5,7-8H2,1-2H3. The molecule has 0 bridgehead atoms. The minimum atomic E-state index is -3.30. The van der Waals surface area contributed by atoms with Crippen molar-refractivity contribution in [2.24, 2.45) is 0 Å². The van der Waals surface area contributed by atoms with E-state index in [1.807, 2.05) is 18.8 Å². The summed E-state index contributed by atoms with van der Waals surface area (Å²) in [4.78, 5) is 1.50. The van der Waals surface area contributed by atoms with Gasteiger partial charge in [-0.3, -0.25) is 0 Å². The highest BCUT2D eigenvalue weighted by Gasteiger charge is 2.30. The van der Waals surface area contributed by atoms with Gasteiger partial charge in [-0.05, 0) is 19.5 Å². The lowest BCUT2D eigenvalue weighted by Gasteiger charge is -2.30. The van der Waals surface area contributed by atoms with E-state index in [-0.39, 0.29) is 0 Å². The van der Waals surface area contributed by atoms with Crippen LogP contribution in [0.1, 0.15) is 18.2 Å². The van der Waals surface area contributed by atoms with Gasteiger partial charge in [0.05, 0.1) is 4.90 Å². The molecule has 0 saturated carbocycles. The molecule has 1 unspecified atom stereocenters. The summed E-state index contributed by atoms with van der Waals surface area (Å²) in [6.07, 6.45) is 1.02. The Bertz CT molecular complexity index is 513. The van der Waals surface area contributed by atoms with Gasteiger partial charge in [-0.2, -0.15) is 16.1 Å². The molecular weight excluding hydrogens is 300 g/mol. The molecule has 1 aromatic heterocycles. The molecule has 2 rings (SSSR count). The van der Waals surface area contributed by atoms with Crippen LogP contribution in [0.15, 0.2) is 16.3 Å². The number of hydrogen-bond donors (Lipinski definition) is 1. The molecule has 7 heteroatoms. The van der Waals surface area contributed by atoms with Gasteiger partial charge < -0.3 is 5.32 Å². The fourth-order valence-corrected chi connectivity index (χ4v) is 6.22. The average Bonchev–Trinajstić information content (AvgIpc) is 2.88. The minimum Gasteiger partial charge on any atom is -0.315 e. The molecule has 1 aliphatic heterocycles. The van der Waals surface area contributed by atoms with Crippen molar-refractivity contribution >= 4 is 33.1 Å². The molecule has 19 heavy (non-hydrogen) atoms. The Kier molecular flexibility index (Phi) is 5.30. The van der Waals surface area contributed by atoms with Crippen molar-refractivity contribution < 1.29 is 8.42 Å². The van der Waals surface area contributed by atoms with Crippen molar-refractivity contribution in [3.8, 4) is 0 Å². The van der Waals surface area contributed by atoms with Crippen molar-refractivity contribution in [1.29, 1.82) is 0 Å². The molecule has 0 aliphatic carbocycles. The average molecular weight is 321 g/mol. The van der Waals surface area contributed by atoms with Gasteiger partial charge in [0.1, 0.15) is 0 Å². The van der Waals surface area contributed by atoms with E-state index < -0.39 is 10.0 Å². The van der Waals surface area contributed by atoms with Crippen molar-refractivity contribution in [3.05, 3.63) is 16.3 Å². The first kappa shape index (κ1) is 15.3. The molecule has 0 amide bonds. The number of rotatable bonds is 5. The smallest absolute Gasteiger partial charge is 0.243 e. The van der Waals surface area contributed by atoms with Crippen LogP contribution in [0, 0.1) is 0 Å². The van der Waals surface area contributed by atoms with Gasteiger partial charge in [-0.15, -0.1) is 11.3 Å². The molecule has 1 aromatic rings. The largest absolute Gasteiger partial charge is 0.315 e. The maximum Gasteiger partial charge on any atom is 0.243 e. The quantitative estimate of drug-likeness (QED) is 0.901. The van der Waals surface area contributed by atoms with Crippen LogP contribution in [-0.4, -0.2) is 43.9 Å². The molecule has 2 heterocycles. The maximum atomic E-state index is 12.6. The van der Waals surface area contributed by atoms with E-state index in [2.05, 4.69) is 12.2 Å². The molecule has 1 aliphatic rings. The normalized spacial score (nSPS) is 21.7. The third kappa shape index (κ3) is 3.52. The second-order valence-electron chi connectivity index (χ2n) is 4.54. The highest BCUT2D eigenvalue weighted by molar-refractivity contribution is 8.00. The van der Waals surface area contributed by atoms with Gasteiger partial charge in [-0.1, -0.05) is 6.92 Å². The Morgan fingerprint density at radius 1 is 1.53 bits per heavy atom. The van der Waals surface area contributed by atoms with Crippen LogP contribution in [0.3, 0.4) is 0 Å². The molecule has 1 atom stereocenters. The van der Waals surface area contributed by atoms with E-state index in [4.69, 9.17) is 0 Å². The van der Waals surface area contributed by atoms with Crippen molar-refractivity contribution in [2.75, 3.05) is 25.9 Å². The Hall–Kier alpha value is -0.0800. The van der Waals surface area contributed by atoms with Gasteiger partial charge in [0, 0.05) is 40.9 Å². The monoisotopic (exact) mass is 320 g/mol. The molecule has 0 aromatic carbocycles. The van der Waals surface area contributed by atoms with Gasteiger partial charge in [0.25, 0.3) is 0 Å². The molecule has 0 radical (unpaired) electrons. The minimum absolute atomic E-state index is 0.430.